The summed E-state index contributed by atoms with van der Waals surface area (Å²) in [4.78, 5) is 23.3. The van der Waals surface area contributed by atoms with Gasteiger partial charge < -0.3 is 15.5 Å². The van der Waals surface area contributed by atoms with E-state index in [2.05, 4.69) is 15.6 Å². The van der Waals surface area contributed by atoms with E-state index in [1.54, 1.807) is 35.1 Å². The number of carbonyl (C=O) groups is 2. The molecule has 0 atom stereocenters. The molecule has 0 aliphatic heterocycles. The van der Waals surface area contributed by atoms with Gasteiger partial charge in [0.1, 0.15) is 5.69 Å². The fourth-order valence-corrected chi connectivity index (χ4v) is 3.40. The van der Waals surface area contributed by atoms with Crippen molar-refractivity contribution in [2.75, 3.05) is 13.2 Å². The van der Waals surface area contributed by atoms with E-state index >= 15 is 0 Å². The van der Waals surface area contributed by atoms with Crippen LogP contribution in [0.5, 0.6) is 0 Å². The fourth-order valence-electron chi connectivity index (χ4n) is 3.40. The smallest absolute Gasteiger partial charge is 0.336 e. The third kappa shape index (κ3) is 3.91. The first-order valence-corrected chi connectivity index (χ1v) is 8.73. The van der Waals surface area contributed by atoms with E-state index in [0.29, 0.717) is 11.3 Å². The van der Waals surface area contributed by atoms with E-state index in [9.17, 15) is 14.7 Å². The van der Waals surface area contributed by atoms with Gasteiger partial charge in [0.15, 0.2) is 0 Å². The van der Waals surface area contributed by atoms with E-state index in [1.165, 1.54) is 0 Å². The molecular weight excluding hydrogens is 336 g/mol. The topological polar surface area (TPSA) is 117 Å². The number of aliphatic hydroxyl groups excluding tert-OH is 1. The lowest BCUT2D eigenvalue weighted by molar-refractivity contribution is -0.126. The molecule has 138 valence electrons. The Morgan fingerprint density at radius 3 is 2.62 bits per heavy atom. The molecule has 1 aromatic heterocycles. The zero-order chi connectivity index (χ0) is 18.5. The minimum Gasteiger partial charge on any atom is -0.478 e. The van der Waals surface area contributed by atoms with Crippen LogP contribution in [0, 0.1) is 5.92 Å². The number of benzene rings is 1. The molecular formula is C18H22N4O4. The Morgan fingerprint density at radius 1 is 1.19 bits per heavy atom. The van der Waals surface area contributed by atoms with Crippen LogP contribution in [0.15, 0.2) is 30.5 Å². The van der Waals surface area contributed by atoms with Gasteiger partial charge in [0.25, 0.3) is 0 Å². The fraction of sp³-hybridized carbons (Fsp3) is 0.444. The Kier molecular flexibility index (Phi) is 5.62. The number of aromatic nitrogens is 3. The Labute approximate surface area is 150 Å². The number of carbonyl (C=O) groups excluding carboxylic acids is 1. The minimum absolute atomic E-state index is 0.00725. The lowest BCUT2D eigenvalue weighted by Gasteiger charge is -2.27. The van der Waals surface area contributed by atoms with Crippen LogP contribution in [0.2, 0.25) is 0 Å². The van der Waals surface area contributed by atoms with Crippen molar-refractivity contribution in [1.29, 1.82) is 0 Å². The first-order chi connectivity index (χ1) is 12.6. The summed E-state index contributed by atoms with van der Waals surface area (Å²) in [7, 11) is 0. The van der Waals surface area contributed by atoms with Gasteiger partial charge in [-0.05, 0) is 31.7 Å². The standard InChI is InChI=1S/C18H22N4O4/c23-10-9-19-17(24)12-5-7-13(8-6-12)22-11-16(20-21-22)14-3-1-2-4-15(14)18(25)26/h1-4,11-13,23H,5-10H2,(H,19,24)(H,25,26). The van der Waals surface area contributed by atoms with Crippen molar-refractivity contribution in [2.24, 2.45) is 5.92 Å². The summed E-state index contributed by atoms with van der Waals surface area (Å²) in [5, 5.41) is 29.1. The highest BCUT2D eigenvalue weighted by Gasteiger charge is 2.28. The Bertz CT molecular complexity index is 781. The third-order valence-corrected chi connectivity index (χ3v) is 4.80. The molecule has 0 radical (unpaired) electrons. The third-order valence-electron chi connectivity index (χ3n) is 4.80. The molecule has 1 aliphatic carbocycles. The zero-order valence-electron chi connectivity index (χ0n) is 14.3. The highest BCUT2D eigenvalue weighted by Crippen LogP contribution is 2.32. The van der Waals surface area contributed by atoms with Crippen LogP contribution in [0.4, 0.5) is 0 Å². The van der Waals surface area contributed by atoms with Gasteiger partial charge in [0.05, 0.1) is 24.4 Å². The second kappa shape index (κ2) is 8.09. The lowest BCUT2D eigenvalue weighted by Crippen LogP contribution is -2.35. The molecule has 1 fully saturated rings. The van der Waals surface area contributed by atoms with E-state index in [-0.39, 0.29) is 36.6 Å². The molecule has 3 N–H and O–H groups in total. The number of carboxylic acid groups (broad SMARTS) is 1. The van der Waals surface area contributed by atoms with E-state index in [1.807, 2.05) is 0 Å². The van der Waals surface area contributed by atoms with Gasteiger partial charge in [-0.25, -0.2) is 9.48 Å². The molecule has 1 heterocycles. The molecule has 0 spiro atoms. The number of nitrogens with one attached hydrogen (secondary N) is 1. The Hall–Kier alpha value is -2.74. The maximum atomic E-state index is 12.0. The summed E-state index contributed by atoms with van der Waals surface area (Å²) in [6.45, 7) is 0.231. The normalized spacial score (nSPS) is 19.9. The molecule has 2 aromatic rings. The van der Waals surface area contributed by atoms with Crippen molar-refractivity contribution in [3.8, 4) is 11.3 Å². The monoisotopic (exact) mass is 358 g/mol. The number of hydrogen-bond acceptors (Lipinski definition) is 5. The highest BCUT2D eigenvalue weighted by molar-refractivity contribution is 5.95. The Morgan fingerprint density at radius 2 is 1.92 bits per heavy atom. The number of aliphatic hydroxyl groups is 1. The van der Waals surface area contributed by atoms with Crippen LogP contribution in [-0.2, 0) is 4.79 Å². The minimum atomic E-state index is -0.996. The summed E-state index contributed by atoms with van der Waals surface area (Å²) in [5.74, 6) is -1.04. The van der Waals surface area contributed by atoms with Gasteiger partial charge in [-0.15, -0.1) is 5.10 Å². The number of rotatable bonds is 6. The number of carboxylic acids is 1. The summed E-state index contributed by atoms with van der Waals surface area (Å²) < 4.78 is 1.77. The van der Waals surface area contributed by atoms with Gasteiger partial charge >= 0.3 is 5.97 Å². The summed E-state index contributed by atoms with van der Waals surface area (Å²) in [6, 6.07) is 6.88. The van der Waals surface area contributed by atoms with Crippen LogP contribution in [0.25, 0.3) is 11.3 Å². The number of amides is 1. The molecule has 1 aromatic carbocycles. The van der Waals surface area contributed by atoms with Crippen molar-refractivity contribution in [2.45, 2.75) is 31.7 Å². The number of hydrogen-bond donors (Lipinski definition) is 3. The largest absolute Gasteiger partial charge is 0.478 e. The number of nitrogens with zero attached hydrogens (tertiary/aromatic N) is 3. The van der Waals surface area contributed by atoms with Gasteiger partial charge in [0, 0.05) is 18.0 Å². The van der Waals surface area contributed by atoms with Crippen LogP contribution in [-0.4, -0.2) is 50.2 Å². The molecule has 1 saturated carbocycles. The van der Waals surface area contributed by atoms with Gasteiger partial charge in [-0.3, -0.25) is 4.79 Å². The molecule has 8 heteroatoms. The first kappa shape index (κ1) is 18.1. The van der Waals surface area contributed by atoms with Crippen molar-refractivity contribution in [1.82, 2.24) is 20.3 Å². The predicted molar refractivity (Wildman–Crippen MR) is 93.5 cm³/mol. The van der Waals surface area contributed by atoms with Crippen LogP contribution in [0.1, 0.15) is 42.1 Å². The van der Waals surface area contributed by atoms with Crippen molar-refractivity contribution < 1.29 is 19.8 Å². The van der Waals surface area contributed by atoms with Gasteiger partial charge in [-0.2, -0.15) is 0 Å². The summed E-state index contributed by atoms with van der Waals surface area (Å²) in [5.41, 5.74) is 1.28. The SMILES string of the molecule is O=C(O)c1ccccc1-c1cn(C2CCC(C(=O)NCCO)CC2)nn1. The molecule has 0 unspecified atom stereocenters. The van der Waals surface area contributed by atoms with E-state index in [4.69, 9.17) is 5.11 Å². The maximum absolute atomic E-state index is 12.0. The van der Waals surface area contributed by atoms with Crippen LogP contribution in [0.3, 0.4) is 0 Å². The second-order valence-corrected chi connectivity index (χ2v) is 6.45. The molecule has 26 heavy (non-hydrogen) atoms. The molecule has 1 aliphatic rings. The van der Waals surface area contributed by atoms with Crippen LogP contribution >= 0.6 is 0 Å². The summed E-state index contributed by atoms with van der Waals surface area (Å²) >= 11 is 0. The highest BCUT2D eigenvalue weighted by atomic mass is 16.4. The quantitative estimate of drug-likeness (QED) is 0.720. The molecule has 1 amide bonds. The number of aromatic carboxylic acids is 1. The predicted octanol–water partition coefficient (Wildman–Crippen LogP) is 1.48. The Balaban J connectivity index is 1.67. The van der Waals surface area contributed by atoms with Gasteiger partial charge in [-0.1, -0.05) is 23.4 Å². The molecule has 3 rings (SSSR count). The molecule has 0 saturated heterocycles. The molecule has 0 bridgehead atoms. The van der Waals surface area contributed by atoms with Gasteiger partial charge in [0.2, 0.25) is 5.91 Å². The second-order valence-electron chi connectivity index (χ2n) is 6.45. The van der Waals surface area contributed by atoms with E-state index < -0.39 is 5.97 Å². The summed E-state index contributed by atoms with van der Waals surface area (Å²) in [6.07, 6.45) is 4.89. The average molecular weight is 358 g/mol. The lowest BCUT2D eigenvalue weighted by atomic mass is 9.85. The first-order valence-electron chi connectivity index (χ1n) is 8.73. The van der Waals surface area contributed by atoms with E-state index in [0.717, 1.165) is 25.7 Å². The van der Waals surface area contributed by atoms with Crippen molar-refractivity contribution in [3.05, 3.63) is 36.0 Å². The van der Waals surface area contributed by atoms with Crippen molar-refractivity contribution >= 4 is 11.9 Å². The molecule has 8 nitrogen and oxygen atoms in total. The van der Waals surface area contributed by atoms with Crippen LogP contribution < -0.4 is 5.32 Å². The average Bonchev–Trinajstić information content (AvgIpc) is 3.16. The zero-order valence-corrected chi connectivity index (χ0v) is 14.3. The van der Waals surface area contributed by atoms with Crippen molar-refractivity contribution in [3.63, 3.8) is 0 Å². The maximum Gasteiger partial charge on any atom is 0.336 e.